The molecule has 0 bridgehead atoms. The van der Waals surface area contributed by atoms with Crippen LogP contribution in [-0.2, 0) is 10.8 Å². The molecule has 0 saturated carbocycles. The molecule has 3 nitrogen and oxygen atoms in total. The fraction of sp³-hybridized carbons (Fsp3) is 0.400. The van der Waals surface area contributed by atoms with E-state index < -0.39 is 10.8 Å². The lowest BCUT2D eigenvalue weighted by Gasteiger charge is -2.10. The van der Waals surface area contributed by atoms with Crippen LogP contribution < -0.4 is 11.1 Å². The van der Waals surface area contributed by atoms with Crippen molar-refractivity contribution in [2.45, 2.75) is 6.92 Å². The first-order valence-electron chi connectivity index (χ1n) is 4.88. The number of hydrogen-bond acceptors (Lipinski definition) is 3. The van der Waals surface area contributed by atoms with Gasteiger partial charge >= 0.3 is 0 Å². The Labute approximate surface area is 108 Å². The number of anilines is 2. The van der Waals surface area contributed by atoms with Gasteiger partial charge in [0, 0.05) is 34.5 Å². The normalized spacial score (nSPS) is 12.4. The second-order valence-electron chi connectivity index (χ2n) is 3.22. The van der Waals surface area contributed by atoms with Gasteiger partial charge < -0.3 is 11.1 Å². The lowest BCUT2D eigenvalue weighted by atomic mass is 10.3. The minimum absolute atomic E-state index is 0.479. The molecular formula is C10H14Cl2N2OS. The van der Waals surface area contributed by atoms with Crippen molar-refractivity contribution >= 4 is 45.4 Å². The quantitative estimate of drug-likeness (QED) is 0.816. The van der Waals surface area contributed by atoms with E-state index in [0.717, 1.165) is 0 Å². The molecule has 0 aliphatic heterocycles. The molecular weight excluding hydrogens is 267 g/mol. The summed E-state index contributed by atoms with van der Waals surface area (Å²) in [4.78, 5) is 0. The van der Waals surface area contributed by atoms with Crippen LogP contribution in [0.2, 0.25) is 10.0 Å². The molecule has 0 aliphatic rings. The number of nitrogen functional groups attached to an aromatic ring is 1. The molecule has 1 unspecified atom stereocenters. The smallest absolute Gasteiger partial charge is 0.0720 e. The Morgan fingerprint density at radius 2 is 1.94 bits per heavy atom. The van der Waals surface area contributed by atoms with Gasteiger partial charge in [0.05, 0.1) is 15.7 Å². The molecule has 1 aromatic carbocycles. The number of hydrogen-bond donors (Lipinski definition) is 2. The highest BCUT2D eigenvalue weighted by Crippen LogP contribution is 2.32. The highest BCUT2D eigenvalue weighted by atomic mass is 35.5. The maximum Gasteiger partial charge on any atom is 0.0720 e. The van der Waals surface area contributed by atoms with Crippen molar-refractivity contribution in [1.82, 2.24) is 0 Å². The van der Waals surface area contributed by atoms with Crippen molar-refractivity contribution in [1.29, 1.82) is 0 Å². The first-order valence-corrected chi connectivity index (χ1v) is 7.12. The second-order valence-corrected chi connectivity index (χ2v) is 5.90. The molecule has 0 saturated heterocycles. The van der Waals surface area contributed by atoms with Gasteiger partial charge in [0.15, 0.2) is 0 Å². The predicted molar refractivity (Wildman–Crippen MR) is 72.9 cm³/mol. The third-order valence-corrected chi connectivity index (χ3v) is 3.92. The van der Waals surface area contributed by atoms with E-state index in [9.17, 15) is 4.21 Å². The Morgan fingerprint density at radius 1 is 1.38 bits per heavy atom. The molecule has 16 heavy (non-hydrogen) atoms. The van der Waals surface area contributed by atoms with E-state index in [-0.39, 0.29) is 0 Å². The average molecular weight is 281 g/mol. The summed E-state index contributed by atoms with van der Waals surface area (Å²) in [5, 5.41) is 4.02. The van der Waals surface area contributed by atoms with Crippen LogP contribution in [0.5, 0.6) is 0 Å². The summed E-state index contributed by atoms with van der Waals surface area (Å²) < 4.78 is 11.2. The van der Waals surface area contributed by atoms with Gasteiger partial charge in [0.2, 0.25) is 0 Å². The summed E-state index contributed by atoms with van der Waals surface area (Å²) in [5.74, 6) is 1.23. The largest absolute Gasteiger partial charge is 0.399 e. The van der Waals surface area contributed by atoms with Gasteiger partial charge in [-0.2, -0.15) is 0 Å². The summed E-state index contributed by atoms with van der Waals surface area (Å²) in [5.41, 5.74) is 6.75. The van der Waals surface area contributed by atoms with Crippen LogP contribution in [0.3, 0.4) is 0 Å². The maximum atomic E-state index is 11.2. The maximum absolute atomic E-state index is 11.2. The topological polar surface area (TPSA) is 55.1 Å². The summed E-state index contributed by atoms with van der Waals surface area (Å²) >= 11 is 12.0. The molecule has 0 heterocycles. The Hall–Kier alpha value is -0.450. The van der Waals surface area contributed by atoms with E-state index in [1.54, 1.807) is 12.1 Å². The Kier molecular flexibility index (Phi) is 5.38. The standard InChI is InChI=1S/C10H14Cl2N2OS/c1-2-16(15)4-3-14-10-8(11)5-7(13)6-9(10)12/h5-6,14H,2-4,13H2,1H3. The molecule has 1 aromatic rings. The van der Waals surface area contributed by atoms with E-state index in [2.05, 4.69) is 5.32 Å². The van der Waals surface area contributed by atoms with Crippen molar-refractivity contribution in [3.8, 4) is 0 Å². The summed E-state index contributed by atoms with van der Waals surface area (Å²) in [6, 6.07) is 3.26. The van der Waals surface area contributed by atoms with Crippen LogP contribution in [0, 0.1) is 0 Å². The molecule has 1 atom stereocenters. The van der Waals surface area contributed by atoms with E-state index >= 15 is 0 Å². The van der Waals surface area contributed by atoms with Crippen LogP contribution in [0.1, 0.15) is 6.92 Å². The van der Waals surface area contributed by atoms with Crippen molar-refractivity contribution in [2.75, 3.05) is 29.1 Å². The van der Waals surface area contributed by atoms with Gasteiger partial charge in [-0.1, -0.05) is 30.1 Å². The number of rotatable bonds is 5. The van der Waals surface area contributed by atoms with E-state index in [1.165, 1.54) is 0 Å². The molecule has 1 rings (SSSR count). The first kappa shape index (κ1) is 13.6. The number of nitrogens with one attached hydrogen (secondary N) is 1. The van der Waals surface area contributed by atoms with Crippen LogP contribution in [-0.4, -0.2) is 22.3 Å². The van der Waals surface area contributed by atoms with Crippen LogP contribution in [0.4, 0.5) is 11.4 Å². The zero-order chi connectivity index (χ0) is 12.1. The molecule has 3 N–H and O–H groups in total. The predicted octanol–water partition coefficient (Wildman–Crippen LogP) is 2.76. The Morgan fingerprint density at radius 3 is 2.44 bits per heavy atom. The molecule has 0 fully saturated rings. The van der Waals surface area contributed by atoms with Gasteiger partial charge in [-0.3, -0.25) is 4.21 Å². The molecule has 90 valence electrons. The summed E-state index contributed by atoms with van der Waals surface area (Å²) in [6.45, 7) is 2.46. The molecule has 0 aromatic heterocycles. The number of nitrogens with two attached hydrogens (primary N) is 1. The van der Waals surface area contributed by atoms with Crippen molar-refractivity contribution in [3.05, 3.63) is 22.2 Å². The Bertz CT molecular complexity index is 375. The van der Waals surface area contributed by atoms with Gasteiger partial charge in [0.25, 0.3) is 0 Å². The first-order chi connectivity index (χ1) is 7.54. The molecule has 0 aliphatic carbocycles. The zero-order valence-corrected chi connectivity index (χ0v) is 11.3. The van der Waals surface area contributed by atoms with Gasteiger partial charge in [-0.25, -0.2) is 0 Å². The monoisotopic (exact) mass is 280 g/mol. The highest BCUT2D eigenvalue weighted by Gasteiger charge is 2.07. The van der Waals surface area contributed by atoms with Crippen molar-refractivity contribution in [3.63, 3.8) is 0 Å². The van der Waals surface area contributed by atoms with Crippen molar-refractivity contribution < 1.29 is 4.21 Å². The van der Waals surface area contributed by atoms with E-state index in [0.29, 0.717) is 39.5 Å². The number of benzene rings is 1. The zero-order valence-electron chi connectivity index (χ0n) is 8.93. The van der Waals surface area contributed by atoms with Gasteiger partial charge in [0.1, 0.15) is 0 Å². The molecule has 6 heteroatoms. The van der Waals surface area contributed by atoms with Crippen LogP contribution in [0.25, 0.3) is 0 Å². The second kappa shape index (κ2) is 6.33. The average Bonchev–Trinajstić information content (AvgIpc) is 2.21. The SMILES string of the molecule is CCS(=O)CCNc1c(Cl)cc(N)cc1Cl. The Balaban J connectivity index is 2.64. The van der Waals surface area contributed by atoms with Gasteiger partial charge in [-0.05, 0) is 12.1 Å². The van der Waals surface area contributed by atoms with Crippen molar-refractivity contribution in [2.24, 2.45) is 0 Å². The highest BCUT2D eigenvalue weighted by molar-refractivity contribution is 7.84. The fourth-order valence-electron chi connectivity index (χ4n) is 1.20. The molecule has 0 spiro atoms. The minimum atomic E-state index is -0.792. The summed E-state index contributed by atoms with van der Waals surface area (Å²) in [7, 11) is -0.792. The third kappa shape index (κ3) is 3.85. The molecule has 0 radical (unpaired) electrons. The summed E-state index contributed by atoms with van der Waals surface area (Å²) in [6.07, 6.45) is 0. The fourth-order valence-corrected chi connectivity index (χ4v) is 2.45. The van der Waals surface area contributed by atoms with Crippen LogP contribution in [0.15, 0.2) is 12.1 Å². The number of halogens is 2. The van der Waals surface area contributed by atoms with E-state index in [1.807, 2.05) is 6.92 Å². The lowest BCUT2D eigenvalue weighted by molar-refractivity contribution is 0.684. The third-order valence-electron chi connectivity index (χ3n) is 2.02. The lowest BCUT2D eigenvalue weighted by Crippen LogP contribution is -2.12. The molecule has 0 amide bonds. The minimum Gasteiger partial charge on any atom is -0.399 e. The van der Waals surface area contributed by atoms with Crippen LogP contribution >= 0.6 is 23.2 Å². The van der Waals surface area contributed by atoms with Gasteiger partial charge in [-0.15, -0.1) is 0 Å². The van der Waals surface area contributed by atoms with E-state index in [4.69, 9.17) is 28.9 Å².